The van der Waals surface area contributed by atoms with Crippen molar-refractivity contribution in [2.75, 3.05) is 58.9 Å². The lowest BCUT2D eigenvalue weighted by atomic mass is 9.70. The van der Waals surface area contributed by atoms with Gasteiger partial charge in [-0.25, -0.2) is 4.79 Å². The quantitative estimate of drug-likeness (QED) is 0.372. The molecule has 1 atom stereocenters. The molecule has 0 radical (unpaired) electrons. The number of hydrogen-bond acceptors (Lipinski definition) is 5. The first-order valence-corrected chi connectivity index (χ1v) is 16.0. The predicted molar refractivity (Wildman–Crippen MR) is 169 cm³/mol. The van der Waals surface area contributed by atoms with Gasteiger partial charge in [0.15, 0.2) is 0 Å². The molecule has 0 aromatic heterocycles. The molecule has 0 aliphatic carbocycles. The van der Waals surface area contributed by atoms with Crippen LogP contribution >= 0.6 is 23.2 Å². The summed E-state index contributed by atoms with van der Waals surface area (Å²) >= 11 is 12.8. The predicted octanol–water partition coefficient (Wildman–Crippen LogP) is 6.18. The Bertz CT molecular complexity index is 1240. The molecular weight excluding hydrogens is 571 g/mol. The number of halogens is 2. The first-order valence-electron chi connectivity index (χ1n) is 15.3. The van der Waals surface area contributed by atoms with Crippen LogP contribution in [0.5, 0.6) is 0 Å². The summed E-state index contributed by atoms with van der Waals surface area (Å²) in [5, 5.41) is 1.12. The Kier molecular flexibility index (Phi) is 9.73. The van der Waals surface area contributed by atoms with E-state index in [1.165, 1.54) is 5.56 Å². The molecule has 0 spiro atoms. The summed E-state index contributed by atoms with van der Waals surface area (Å²) in [7, 11) is 0. The van der Waals surface area contributed by atoms with Crippen molar-refractivity contribution in [2.24, 2.45) is 0 Å². The van der Waals surface area contributed by atoms with E-state index in [1.54, 1.807) is 0 Å². The summed E-state index contributed by atoms with van der Waals surface area (Å²) in [6.07, 6.45) is 3.81. The summed E-state index contributed by atoms with van der Waals surface area (Å²) < 4.78 is 5.54. The van der Waals surface area contributed by atoms with Crippen molar-refractivity contribution in [1.82, 2.24) is 19.6 Å². The van der Waals surface area contributed by atoms with Crippen LogP contribution in [-0.2, 0) is 10.2 Å². The van der Waals surface area contributed by atoms with Crippen molar-refractivity contribution in [3.63, 3.8) is 0 Å². The van der Waals surface area contributed by atoms with Gasteiger partial charge in [0.2, 0.25) is 0 Å². The third-order valence-electron chi connectivity index (χ3n) is 8.97. The SMILES string of the molecule is CC(C)(C)OC(=O)N1CCN(C2CN(CCC[C@]3(c4ccc(Cl)c(Cl)c4)CCCN(C(=O)c4ccccc4)C3)C2)CC1. The molecule has 0 bridgehead atoms. The molecule has 2 aromatic rings. The molecule has 42 heavy (non-hydrogen) atoms. The molecule has 7 nitrogen and oxygen atoms in total. The lowest BCUT2D eigenvalue weighted by Gasteiger charge is -2.49. The van der Waals surface area contributed by atoms with E-state index < -0.39 is 5.60 Å². The normalized spacial score (nSPS) is 22.6. The maximum Gasteiger partial charge on any atom is 0.410 e. The lowest BCUT2D eigenvalue weighted by molar-refractivity contribution is -0.0131. The zero-order valence-electron chi connectivity index (χ0n) is 25.2. The highest BCUT2D eigenvalue weighted by Gasteiger charge is 2.40. The van der Waals surface area contributed by atoms with Gasteiger partial charge in [-0.3, -0.25) is 9.69 Å². The molecule has 0 unspecified atom stereocenters. The van der Waals surface area contributed by atoms with Crippen LogP contribution in [0, 0.1) is 0 Å². The number of carbonyl (C=O) groups is 2. The molecule has 3 fully saturated rings. The number of piperazine rings is 1. The summed E-state index contributed by atoms with van der Waals surface area (Å²) in [6, 6.07) is 16.1. The largest absolute Gasteiger partial charge is 0.444 e. The van der Waals surface area contributed by atoms with Crippen LogP contribution in [-0.4, -0.2) is 102 Å². The van der Waals surface area contributed by atoms with Crippen LogP contribution < -0.4 is 0 Å². The highest BCUT2D eigenvalue weighted by molar-refractivity contribution is 6.42. The molecule has 3 aliphatic heterocycles. The third kappa shape index (κ3) is 7.42. The van der Waals surface area contributed by atoms with Gasteiger partial charge in [-0.1, -0.05) is 47.5 Å². The first kappa shape index (κ1) is 31.1. The number of piperidine rings is 1. The molecular formula is C33H44Cl2N4O3. The van der Waals surface area contributed by atoms with Crippen LogP contribution in [0.2, 0.25) is 10.0 Å². The number of benzene rings is 2. The van der Waals surface area contributed by atoms with Crippen molar-refractivity contribution in [3.8, 4) is 0 Å². The van der Waals surface area contributed by atoms with Gasteiger partial charge in [0.05, 0.1) is 10.0 Å². The van der Waals surface area contributed by atoms with Crippen LogP contribution in [0.15, 0.2) is 48.5 Å². The van der Waals surface area contributed by atoms with E-state index in [1.807, 2.05) is 73.0 Å². The maximum absolute atomic E-state index is 13.4. The van der Waals surface area contributed by atoms with Gasteiger partial charge >= 0.3 is 6.09 Å². The molecule has 3 aliphatic rings. The van der Waals surface area contributed by atoms with Crippen LogP contribution in [0.4, 0.5) is 4.79 Å². The van der Waals surface area contributed by atoms with Crippen molar-refractivity contribution in [2.45, 2.75) is 63.5 Å². The van der Waals surface area contributed by atoms with E-state index in [0.717, 1.165) is 83.6 Å². The average molecular weight is 616 g/mol. The van der Waals surface area contributed by atoms with Gasteiger partial charge in [-0.15, -0.1) is 0 Å². The fourth-order valence-electron chi connectivity index (χ4n) is 6.67. The second-order valence-corrected chi connectivity index (χ2v) is 13.9. The Morgan fingerprint density at radius 2 is 1.64 bits per heavy atom. The number of nitrogens with zero attached hydrogens (tertiary/aromatic N) is 4. The minimum Gasteiger partial charge on any atom is -0.444 e. The summed E-state index contributed by atoms with van der Waals surface area (Å²) in [6.45, 7) is 13.6. The van der Waals surface area contributed by atoms with E-state index in [-0.39, 0.29) is 17.4 Å². The molecule has 3 heterocycles. The highest BCUT2D eigenvalue weighted by atomic mass is 35.5. The summed E-state index contributed by atoms with van der Waals surface area (Å²) in [5.41, 5.74) is 1.29. The first-order chi connectivity index (χ1) is 20.0. The van der Waals surface area contributed by atoms with E-state index in [2.05, 4.69) is 15.9 Å². The van der Waals surface area contributed by atoms with Crippen molar-refractivity contribution in [3.05, 3.63) is 69.7 Å². The minimum absolute atomic E-state index is 0.0945. The Balaban J connectivity index is 1.15. The molecule has 0 N–H and O–H groups in total. The standard InChI is InChI=1S/C33H44Cl2N4O3/c1-32(2,3)42-31(41)38-19-17-37(18-20-38)27-22-36(23-27)15-7-13-33(26-11-12-28(34)29(35)21-26)14-8-16-39(24-33)30(40)25-9-5-4-6-10-25/h4-6,9-12,21,27H,7-8,13-20,22-24H2,1-3H3/t33-/m0/s1. The van der Waals surface area contributed by atoms with E-state index in [0.29, 0.717) is 22.6 Å². The zero-order chi connectivity index (χ0) is 29.9. The van der Waals surface area contributed by atoms with Crippen molar-refractivity contribution in [1.29, 1.82) is 0 Å². The molecule has 2 aromatic carbocycles. The summed E-state index contributed by atoms with van der Waals surface area (Å²) in [4.78, 5) is 34.7. The molecule has 0 saturated carbocycles. The van der Waals surface area contributed by atoms with Crippen molar-refractivity contribution >= 4 is 35.2 Å². The highest BCUT2D eigenvalue weighted by Crippen LogP contribution is 2.41. The number of likely N-dealkylation sites (tertiary alicyclic amines) is 2. The van der Waals surface area contributed by atoms with Gasteiger partial charge in [-0.2, -0.15) is 0 Å². The van der Waals surface area contributed by atoms with E-state index >= 15 is 0 Å². The Labute approximate surface area is 260 Å². The number of ether oxygens (including phenoxy) is 1. The number of carbonyl (C=O) groups excluding carboxylic acids is 2. The summed E-state index contributed by atoms with van der Waals surface area (Å²) in [5.74, 6) is 0.0945. The monoisotopic (exact) mass is 614 g/mol. The number of hydrogen-bond donors (Lipinski definition) is 0. The Morgan fingerprint density at radius 1 is 0.929 bits per heavy atom. The van der Waals surface area contributed by atoms with Crippen LogP contribution in [0.1, 0.15) is 62.4 Å². The topological polar surface area (TPSA) is 56.3 Å². The van der Waals surface area contributed by atoms with Gasteiger partial charge in [0.1, 0.15) is 5.60 Å². The van der Waals surface area contributed by atoms with Crippen LogP contribution in [0.25, 0.3) is 0 Å². The van der Waals surface area contributed by atoms with Gasteiger partial charge in [0, 0.05) is 69.4 Å². The average Bonchev–Trinajstić information content (AvgIpc) is 2.95. The molecule has 3 saturated heterocycles. The fourth-order valence-corrected chi connectivity index (χ4v) is 6.97. The molecule has 9 heteroatoms. The maximum atomic E-state index is 13.4. The molecule has 2 amide bonds. The second-order valence-electron chi connectivity index (χ2n) is 13.1. The lowest BCUT2D eigenvalue weighted by Crippen LogP contribution is -2.63. The molecule has 5 rings (SSSR count). The number of rotatable bonds is 7. The zero-order valence-corrected chi connectivity index (χ0v) is 26.7. The fraction of sp³-hybridized carbons (Fsp3) is 0.576. The Morgan fingerprint density at radius 3 is 2.31 bits per heavy atom. The smallest absolute Gasteiger partial charge is 0.410 e. The van der Waals surface area contributed by atoms with E-state index in [4.69, 9.17) is 27.9 Å². The minimum atomic E-state index is -0.464. The van der Waals surface area contributed by atoms with E-state index in [9.17, 15) is 9.59 Å². The van der Waals surface area contributed by atoms with Gasteiger partial charge in [-0.05, 0) is 82.8 Å². The number of amides is 2. The molecule has 228 valence electrons. The second kappa shape index (κ2) is 13.1. The van der Waals surface area contributed by atoms with Gasteiger partial charge in [0.25, 0.3) is 5.91 Å². The van der Waals surface area contributed by atoms with Crippen LogP contribution in [0.3, 0.4) is 0 Å². The van der Waals surface area contributed by atoms with Gasteiger partial charge < -0.3 is 19.4 Å². The third-order valence-corrected chi connectivity index (χ3v) is 9.71. The Hall–Kier alpha value is -2.32. The van der Waals surface area contributed by atoms with Crippen molar-refractivity contribution < 1.29 is 14.3 Å².